The first-order chi connectivity index (χ1) is 13.6. The van der Waals surface area contributed by atoms with Gasteiger partial charge in [-0.05, 0) is 49.4 Å². The zero-order valence-electron chi connectivity index (χ0n) is 16.8. The van der Waals surface area contributed by atoms with Crippen LogP contribution in [-0.2, 0) is 19.6 Å². The van der Waals surface area contributed by atoms with Crippen molar-refractivity contribution in [3.8, 4) is 0 Å². The summed E-state index contributed by atoms with van der Waals surface area (Å²) in [6, 6.07) is 4.71. The second kappa shape index (κ2) is 9.84. The summed E-state index contributed by atoms with van der Waals surface area (Å²) < 4.78 is 32.0. The number of amides is 3. The third-order valence-electron chi connectivity index (χ3n) is 4.49. The molecule has 1 aliphatic rings. The first kappa shape index (κ1) is 22.8. The van der Waals surface area contributed by atoms with Crippen LogP contribution in [0.25, 0.3) is 0 Å². The number of ether oxygens (including phenoxy) is 1. The van der Waals surface area contributed by atoms with Crippen molar-refractivity contribution in [1.29, 1.82) is 0 Å². The molecule has 0 aromatic heterocycles. The van der Waals surface area contributed by atoms with Gasteiger partial charge in [-0.3, -0.25) is 10.1 Å². The van der Waals surface area contributed by atoms with Gasteiger partial charge in [-0.1, -0.05) is 13.8 Å². The van der Waals surface area contributed by atoms with E-state index >= 15 is 0 Å². The number of rotatable bonds is 6. The summed E-state index contributed by atoms with van der Waals surface area (Å²) in [5, 5.41) is 4.39. The molecule has 0 bridgehead atoms. The van der Waals surface area contributed by atoms with Crippen LogP contribution in [0.5, 0.6) is 0 Å². The monoisotopic (exact) mass is 425 g/mol. The molecule has 0 radical (unpaired) electrons. The molecule has 0 spiro atoms. The number of nitrogens with one attached hydrogen (secondary N) is 2. The number of hydrogen-bond donors (Lipinski definition) is 2. The molecule has 2 N–H and O–H groups in total. The van der Waals surface area contributed by atoms with Gasteiger partial charge in [0, 0.05) is 19.6 Å². The SMILES string of the molecule is CCNC(=O)NC(=O)COC(=O)c1ccc(S(=O)(=O)N2C[C@H](C)C[C@@H](C)C2)cc1. The first-order valence-electron chi connectivity index (χ1n) is 9.48. The molecular formula is C19H27N3O6S. The first-order valence-corrected chi connectivity index (χ1v) is 10.9. The number of imide groups is 1. The quantitative estimate of drug-likeness (QED) is 0.664. The maximum Gasteiger partial charge on any atom is 0.338 e. The lowest BCUT2D eigenvalue weighted by atomic mass is 9.94. The molecule has 3 amide bonds. The highest BCUT2D eigenvalue weighted by atomic mass is 32.2. The lowest BCUT2D eigenvalue weighted by Gasteiger charge is -2.34. The normalized spacial score (nSPS) is 20.0. The number of hydrogen-bond acceptors (Lipinski definition) is 6. The van der Waals surface area contributed by atoms with Crippen molar-refractivity contribution in [2.75, 3.05) is 26.2 Å². The van der Waals surface area contributed by atoms with E-state index in [0.29, 0.717) is 19.6 Å². The Balaban J connectivity index is 1.97. The van der Waals surface area contributed by atoms with Gasteiger partial charge in [0.15, 0.2) is 6.61 Å². The zero-order valence-corrected chi connectivity index (χ0v) is 17.6. The zero-order chi connectivity index (χ0) is 21.6. The highest BCUT2D eigenvalue weighted by Gasteiger charge is 2.31. The fourth-order valence-corrected chi connectivity index (χ4v) is 4.98. The summed E-state index contributed by atoms with van der Waals surface area (Å²) in [6.07, 6.45) is 0.991. The Labute approximate surface area is 170 Å². The van der Waals surface area contributed by atoms with E-state index in [1.54, 1.807) is 6.92 Å². The second-order valence-electron chi connectivity index (χ2n) is 7.28. The van der Waals surface area contributed by atoms with Crippen molar-refractivity contribution in [2.24, 2.45) is 11.8 Å². The van der Waals surface area contributed by atoms with Crippen LogP contribution >= 0.6 is 0 Å². The third-order valence-corrected chi connectivity index (χ3v) is 6.33. The minimum absolute atomic E-state index is 0.101. The van der Waals surface area contributed by atoms with E-state index in [2.05, 4.69) is 5.32 Å². The molecule has 1 saturated heterocycles. The van der Waals surface area contributed by atoms with Gasteiger partial charge in [0.05, 0.1) is 10.5 Å². The maximum absolute atomic E-state index is 12.8. The Bertz CT molecular complexity index is 843. The minimum atomic E-state index is -3.64. The molecule has 2 atom stereocenters. The largest absolute Gasteiger partial charge is 0.452 e. The fourth-order valence-electron chi connectivity index (χ4n) is 3.30. The standard InChI is InChI=1S/C19H27N3O6S/c1-4-20-19(25)21-17(23)12-28-18(24)15-5-7-16(8-6-15)29(26,27)22-10-13(2)9-14(3)11-22/h5-8,13-14H,4,9-12H2,1-3H3,(H2,20,21,23,25)/t13-,14-/m1/s1. The molecular weight excluding hydrogens is 398 g/mol. The van der Waals surface area contributed by atoms with E-state index in [9.17, 15) is 22.8 Å². The molecule has 2 rings (SSSR count). The van der Waals surface area contributed by atoms with E-state index < -0.39 is 34.5 Å². The highest BCUT2D eigenvalue weighted by Crippen LogP contribution is 2.26. The van der Waals surface area contributed by atoms with Crippen molar-refractivity contribution in [2.45, 2.75) is 32.1 Å². The third kappa shape index (κ3) is 6.26. The Morgan fingerprint density at radius 2 is 1.69 bits per heavy atom. The summed E-state index contributed by atoms with van der Waals surface area (Å²) in [7, 11) is -3.64. The number of sulfonamides is 1. The van der Waals surface area contributed by atoms with Crippen molar-refractivity contribution in [3.63, 3.8) is 0 Å². The molecule has 0 aliphatic carbocycles. The van der Waals surface area contributed by atoms with Gasteiger partial charge in [-0.2, -0.15) is 4.31 Å². The Kier molecular flexibility index (Phi) is 7.74. The predicted octanol–water partition coefficient (Wildman–Crippen LogP) is 1.36. The number of benzene rings is 1. The molecule has 1 heterocycles. The molecule has 1 fully saturated rings. The summed E-state index contributed by atoms with van der Waals surface area (Å²) >= 11 is 0. The van der Waals surface area contributed by atoms with E-state index in [4.69, 9.17) is 4.74 Å². The van der Waals surface area contributed by atoms with Gasteiger partial charge in [-0.15, -0.1) is 0 Å². The van der Waals surface area contributed by atoms with Crippen molar-refractivity contribution < 1.29 is 27.5 Å². The van der Waals surface area contributed by atoms with Gasteiger partial charge in [-0.25, -0.2) is 18.0 Å². The molecule has 160 valence electrons. The Morgan fingerprint density at radius 1 is 1.10 bits per heavy atom. The van der Waals surface area contributed by atoms with E-state index in [1.165, 1.54) is 28.6 Å². The number of carbonyl (C=O) groups is 3. The molecule has 10 heteroatoms. The molecule has 9 nitrogen and oxygen atoms in total. The Morgan fingerprint density at radius 3 is 2.24 bits per heavy atom. The number of esters is 1. The van der Waals surface area contributed by atoms with Gasteiger partial charge >= 0.3 is 12.0 Å². The predicted molar refractivity (Wildman–Crippen MR) is 106 cm³/mol. The molecule has 1 aromatic carbocycles. The van der Waals surface area contributed by atoms with Crippen LogP contribution in [0.4, 0.5) is 4.79 Å². The van der Waals surface area contributed by atoms with Gasteiger partial charge in [0.1, 0.15) is 0 Å². The van der Waals surface area contributed by atoms with Crippen LogP contribution in [0.1, 0.15) is 37.6 Å². The highest BCUT2D eigenvalue weighted by molar-refractivity contribution is 7.89. The van der Waals surface area contributed by atoms with Gasteiger partial charge < -0.3 is 10.1 Å². The van der Waals surface area contributed by atoms with Crippen LogP contribution in [-0.4, -0.2) is 56.9 Å². The lowest BCUT2D eigenvalue weighted by molar-refractivity contribution is -0.123. The summed E-state index contributed by atoms with van der Waals surface area (Å²) in [6.45, 7) is 6.41. The van der Waals surface area contributed by atoms with Crippen molar-refractivity contribution in [1.82, 2.24) is 14.9 Å². The molecule has 1 aromatic rings. The summed E-state index contributed by atoms with van der Waals surface area (Å²) in [5.74, 6) is -0.987. The summed E-state index contributed by atoms with van der Waals surface area (Å²) in [4.78, 5) is 34.9. The Hall–Kier alpha value is -2.46. The maximum atomic E-state index is 12.8. The van der Waals surface area contributed by atoms with Crippen LogP contribution < -0.4 is 10.6 Å². The average molecular weight is 426 g/mol. The second-order valence-corrected chi connectivity index (χ2v) is 9.21. The average Bonchev–Trinajstić information content (AvgIpc) is 2.65. The van der Waals surface area contributed by atoms with E-state index in [1.807, 2.05) is 19.2 Å². The lowest BCUT2D eigenvalue weighted by Crippen LogP contribution is -2.42. The topological polar surface area (TPSA) is 122 Å². The van der Waals surface area contributed by atoms with E-state index in [-0.39, 0.29) is 22.3 Å². The number of urea groups is 1. The fraction of sp³-hybridized carbons (Fsp3) is 0.526. The summed E-state index contributed by atoms with van der Waals surface area (Å²) in [5.41, 5.74) is 0.107. The number of carbonyl (C=O) groups excluding carboxylic acids is 3. The van der Waals surface area contributed by atoms with Gasteiger partial charge in [0.25, 0.3) is 5.91 Å². The smallest absolute Gasteiger partial charge is 0.338 e. The van der Waals surface area contributed by atoms with Crippen LogP contribution in [0.15, 0.2) is 29.2 Å². The number of piperidine rings is 1. The van der Waals surface area contributed by atoms with Crippen LogP contribution in [0, 0.1) is 11.8 Å². The molecule has 0 unspecified atom stereocenters. The molecule has 1 aliphatic heterocycles. The number of nitrogens with zero attached hydrogens (tertiary/aromatic N) is 1. The van der Waals surface area contributed by atoms with Crippen LogP contribution in [0.2, 0.25) is 0 Å². The van der Waals surface area contributed by atoms with Crippen molar-refractivity contribution >= 4 is 27.9 Å². The van der Waals surface area contributed by atoms with Crippen LogP contribution in [0.3, 0.4) is 0 Å². The molecule has 0 saturated carbocycles. The van der Waals surface area contributed by atoms with Crippen molar-refractivity contribution in [3.05, 3.63) is 29.8 Å². The molecule has 29 heavy (non-hydrogen) atoms. The van der Waals surface area contributed by atoms with Gasteiger partial charge in [0.2, 0.25) is 10.0 Å². The van der Waals surface area contributed by atoms with E-state index in [0.717, 1.165) is 6.42 Å². The minimum Gasteiger partial charge on any atom is -0.452 e.